The van der Waals surface area contributed by atoms with E-state index in [0.29, 0.717) is 16.8 Å². The number of carbonyl (C=O) groups is 2. The lowest BCUT2D eigenvalue weighted by atomic mass is 9.94. The summed E-state index contributed by atoms with van der Waals surface area (Å²) in [5, 5.41) is 0. The SMILES string of the molecule is COC(=O)C1=C(C)N(C2CCCCC2)C(=O)/C1=C\c1cc(C)n(-c2ccccc2C)c1C. The maximum absolute atomic E-state index is 13.6. The Labute approximate surface area is 190 Å². The largest absolute Gasteiger partial charge is 0.465 e. The van der Waals surface area contributed by atoms with Crippen molar-refractivity contribution in [3.8, 4) is 5.69 Å². The van der Waals surface area contributed by atoms with Gasteiger partial charge in [0.25, 0.3) is 5.91 Å². The van der Waals surface area contributed by atoms with Crippen LogP contribution in [-0.2, 0) is 14.3 Å². The first-order valence-corrected chi connectivity index (χ1v) is 11.4. The van der Waals surface area contributed by atoms with Gasteiger partial charge in [-0.3, -0.25) is 4.79 Å². The lowest BCUT2D eigenvalue weighted by Gasteiger charge is -2.32. The van der Waals surface area contributed by atoms with Crippen LogP contribution >= 0.6 is 0 Å². The average Bonchev–Trinajstić information content (AvgIpc) is 3.20. The highest BCUT2D eigenvalue weighted by Gasteiger charge is 2.40. The van der Waals surface area contributed by atoms with E-state index in [2.05, 4.69) is 43.5 Å². The van der Waals surface area contributed by atoms with Crippen LogP contribution in [0.4, 0.5) is 0 Å². The molecule has 5 nitrogen and oxygen atoms in total. The fraction of sp³-hybridized carbons (Fsp3) is 0.407. The molecule has 32 heavy (non-hydrogen) atoms. The highest BCUT2D eigenvalue weighted by Crippen LogP contribution is 2.37. The zero-order chi connectivity index (χ0) is 23.0. The predicted octanol–water partition coefficient (Wildman–Crippen LogP) is 5.41. The summed E-state index contributed by atoms with van der Waals surface area (Å²) in [6, 6.07) is 10.5. The second-order valence-electron chi connectivity index (χ2n) is 8.93. The normalized spacial score (nSPS) is 18.7. The molecular formula is C27H32N2O3. The van der Waals surface area contributed by atoms with Gasteiger partial charge in [-0.25, -0.2) is 4.79 Å². The number of methoxy groups -OCH3 is 1. The lowest BCUT2D eigenvalue weighted by molar-refractivity contribution is -0.136. The first-order valence-electron chi connectivity index (χ1n) is 11.4. The molecular weight excluding hydrogens is 400 g/mol. The Morgan fingerprint density at radius 2 is 1.75 bits per heavy atom. The number of amides is 1. The molecule has 1 fully saturated rings. The van der Waals surface area contributed by atoms with E-state index in [-0.39, 0.29) is 11.9 Å². The molecule has 0 bridgehead atoms. The molecule has 4 rings (SSSR count). The van der Waals surface area contributed by atoms with Gasteiger partial charge in [0.15, 0.2) is 0 Å². The molecule has 1 aliphatic carbocycles. The van der Waals surface area contributed by atoms with E-state index >= 15 is 0 Å². The minimum atomic E-state index is -0.451. The fourth-order valence-electron chi connectivity index (χ4n) is 5.25. The van der Waals surface area contributed by atoms with Crippen molar-refractivity contribution in [2.24, 2.45) is 0 Å². The third-order valence-corrected chi connectivity index (χ3v) is 6.90. The lowest BCUT2D eigenvalue weighted by Crippen LogP contribution is -2.37. The summed E-state index contributed by atoms with van der Waals surface area (Å²) < 4.78 is 7.28. The first-order chi connectivity index (χ1) is 15.3. The van der Waals surface area contributed by atoms with Gasteiger partial charge in [0.2, 0.25) is 0 Å². The second-order valence-corrected chi connectivity index (χ2v) is 8.93. The van der Waals surface area contributed by atoms with Crippen LogP contribution in [0.5, 0.6) is 0 Å². The standard InChI is InChI=1S/C27H32N2O3/c1-17-11-9-10-14-24(17)28-18(2)15-21(19(28)3)16-23-25(27(31)32-5)20(4)29(26(23)30)22-12-7-6-8-13-22/h9-11,14-16,22H,6-8,12-13H2,1-5H3/b23-16-. The molecule has 2 aliphatic rings. The van der Waals surface area contributed by atoms with Crippen LogP contribution in [0, 0.1) is 20.8 Å². The smallest absolute Gasteiger partial charge is 0.340 e. The quantitative estimate of drug-likeness (QED) is 0.480. The first kappa shape index (κ1) is 22.1. The summed E-state index contributed by atoms with van der Waals surface area (Å²) in [7, 11) is 1.37. The van der Waals surface area contributed by atoms with Crippen LogP contribution in [0.3, 0.4) is 0 Å². The minimum Gasteiger partial charge on any atom is -0.465 e. The van der Waals surface area contributed by atoms with Crippen LogP contribution in [0.1, 0.15) is 61.5 Å². The van der Waals surface area contributed by atoms with Crippen molar-refractivity contribution >= 4 is 18.0 Å². The molecule has 0 N–H and O–H groups in total. The van der Waals surface area contributed by atoms with E-state index in [0.717, 1.165) is 48.3 Å². The zero-order valence-electron chi connectivity index (χ0n) is 19.7. The van der Waals surface area contributed by atoms with Crippen molar-refractivity contribution in [1.82, 2.24) is 9.47 Å². The van der Waals surface area contributed by atoms with Crippen molar-refractivity contribution in [2.75, 3.05) is 7.11 Å². The Hall–Kier alpha value is -3.08. The number of rotatable bonds is 4. The van der Waals surface area contributed by atoms with Crippen molar-refractivity contribution in [3.05, 3.63) is 69.7 Å². The van der Waals surface area contributed by atoms with Gasteiger partial charge in [0, 0.05) is 28.8 Å². The van der Waals surface area contributed by atoms with E-state index in [1.807, 2.05) is 30.0 Å². The summed E-state index contributed by atoms with van der Waals surface area (Å²) in [5.74, 6) is -0.538. The summed E-state index contributed by atoms with van der Waals surface area (Å²) >= 11 is 0. The van der Waals surface area contributed by atoms with Gasteiger partial charge in [-0.05, 0) is 69.9 Å². The Balaban J connectivity index is 1.81. The molecule has 1 saturated carbocycles. The molecule has 0 spiro atoms. The molecule has 1 aliphatic heterocycles. The number of benzene rings is 1. The number of aromatic nitrogens is 1. The molecule has 1 amide bonds. The Bertz CT molecular complexity index is 1130. The topological polar surface area (TPSA) is 51.5 Å². The third-order valence-electron chi connectivity index (χ3n) is 6.90. The molecule has 5 heteroatoms. The van der Waals surface area contributed by atoms with Crippen molar-refractivity contribution < 1.29 is 14.3 Å². The number of esters is 1. The summed E-state index contributed by atoms with van der Waals surface area (Å²) in [4.78, 5) is 28.1. The molecule has 0 unspecified atom stereocenters. The zero-order valence-corrected chi connectivity index (χ0v) is 19.7. The van der Waals surface area contributed by atoms with E-state index < -0.39 is 5.97 Å². The maximum atomic E-state index is 13.6. The highest BCUT2D eigenvalue weighted by molar-refractivity contribution is 6.16. The molecule has 1 aromatic carbocycles. The van der Waals surface area contributed by atoms with Gasteiger partial charge in [-0.15, -0.1) is 0 Å². The summed E-state index contributed by atoms with van der Waals surface area (Å²) in [6.07, 6.45) is 7.27. The number of nitrogens with zero attached hydrogens (tertiary/aromatic N) is 2. The van der Waals surface area contributed by atoms with Crippen molar-refractivity contribution in [3.63, 3.8) is 0 Å². The monoisotopic (exact) mass is 432 g/mol. The minimum absolute atomic E-state index is 0.0875. The molecule has 0 radical (unpaired) electrons. The second kappa shape index (κ2) is 8.81. The van der Waals surface area contributed by atoms with Gasteiger partial charge < -0.3 is 14.2 Å². The van der Waals surface area contributed by atoms with Gasteiger partial charge in [0.05, 0.1) is 18.3 Å². The third kappa shape index (κ3) is 3.70. The van der Waals surface area contributed by atoms with Gasteiger partial charge in [0.1, 0.15) is 0 Å². The summed E-state index contributed by atoms with van der Waals surface area (Å²) in [5.41, 5.74) is 6.90. The molecule has 168 valence electrons. The van der Waals surface area contributed by atoms with E-state index in [4.69, 9.17) is 4.74 Å². The number of hydrogen-bond donors (Lipinski definition) is 0. The van der Waals surface area contributed by atoms with E-state index in [1.165, 1.54) is 19.1 Å². The number of ether oxygens (including phenoxy) is 1. The van der Waals surface area contributed by atoms with E-state index in [9.17, 15) is 9.59 Å². The number of hydrogen-bond acceptors (Lipinski definition) is 3. The number of aryl methyl sites for hydroxylation is 2. The molecule has 0 saturated heterocycles. The van der Waals surface area contributed by atoms with Crippen LogP contribution < -0.4 is 0 Å². The van der Waals surface area contributed by atoms with Crippen molar-refractivity contribution in [2.45, 2.75) is 65.8 Å². The Kier molecular flexibility index (Phi) is 6.09. The van der Waals surface area contributed by atoms with Crippen LogP contribution in [0.2, 0.25) is 0 Å². The van der Waals surface area contributed by atoms with Crippen LogP contribution in [0.25, 0.3) is 11.8 Å². The number of carbonyl (C=O) groups excluding carboxylic acids is 2. The van der Waals surface area contributed by atoms with Crippen molar-refractivity contribution in [1.29, 1.82) is 0 Å². The van der Waals surface area contributed by atoms with Gasteiger partial charge in [-0.2, -0.15) is 0 Å². The molecule has 0 atom stereocenters. The highest BCUT2D eigenvalue weighted by atomic mass is 16.5. The fourth-order valence-corrected chi connectivity index (χ4v) is 5.25. The van der Waals surface area contributed by atoms with Gasteiger partial charge >= 0.3 is 5.97 Å². The molecule has 1 aromatic heterocycles. The Morgan fingerprint density at radius 1 is 1.06 bits per heavy atom. The van der Waals surface area contributed by atoms with E-state index in [1.54, 1.807) is 0 Å². The maximum Gasteiger partial charge on any atom is 0.340 e. The Morgan fingerprint density at radius 3 is 2.41 bits per heavy atom. The molecule has 2 aromatic rings. The predicted molar refractivity (Wildman–Crippen MR) is 126 cm³/mol. The molecule has 2 heterocycles. The average molecular weight is 433 g/mol. The van der Waals surface area contributed by atoms with Gasteiger partial charge in [-0.1, -0.05) is 37.5 Å². The summed E-state index contributed by atoms with van der Waals surface area (Å²) in [6.45, 7) is 8.08. The van der Waals surface area contributed by atoms with Crippen LogP contribution in [0.15, 0.2) is 47.2 Å². The number of allylic oxidation sites excluding steroid dienone is 1. The number of para-hydroxylation sites is 1. The van der Waals surface area contributed by atoms with Crippen LogP contribution in [-0.4, -0.2) is 34.5 Å².